The molecule has 0 aliphatic carbocycles. The number of nitrogens with zero attached hydrogens (tertiary/aromatic N) is 2. The first-order valence-electron chi connectivity index (χ1n) is 10.5. The van der Waals surface area contributed by atoms with Gasteiger partial charge in [-0.1, -0.05) is 12.1 Å². The number of hydrogen-bond donors (Lipinski definition) is 2. The van der Waals surface area contributed by atoms with Gasteiger partial charge in [0.2, 0.25) is 5.91 Å². The minimum atomic E-state index is -0.250. The number of carboxylic acid groups (broad SMARTS) is 1. The van der Waals surface area contributed by atoms with E-state index in [1.165, 1.54) is 0 Å². The van der Waals surface area contributed by atoms with Gasteiger partial charge in [-0.3, -0.25) is 9.59 Å². The van der Waals surface area contributed by atoms with Crippen molar-refractivity contribution >= 4 is 23.3 Å². The fourth-order valence-electron chi connectivity index (χ4n) is 3.32. The zero-order valence-electron chi connectivity index (χ0n) is 19.7. The highest BCUT2D eigenvalue weighted by molar-refractivity contribution is 5.88. The SMILES string of the molecule is CNC(=O)Cc1ccc2nc(-c3cccc(OC)c3OCCN(C)C)cc(C)c2c1.O=CO. The molecule has 1 heterocycles. The fourth-order valence-corrected chi connectivity index (χ4v) is 3.32. The third-order valence-electron chi connectivity index (χ3n) is 4.98. The van der Waals surface area contributed by atoms with Gasteiger partial charge >= 0.3 is 0 Å². The van der Waals surface area contributed by atoms with Crippen LogP contribution < -0.4 is 14.8 Å². The number of rotatable bonds is 8. The van der Waals surface area contributed by atoms with E-state index in [0.717, 1.165) is 39.8 Å². The molecule has 33 heavy (non-hydrogen) atoms. The molecular formula is C25H31N3O5. The quantitative estimate of drug-likeness (QED) is 0.505. The monoisotopic (exact) mass is 453 g/mol. The molecule has 0 saturated heterocycles. The first-order valence-corrected chi connectivity index (χ1v) is 10.5. The van der Waals surface area contributed by atoms with Crippen molar-refractivity contribution in [1.29, 1.82) is 0 Å². The molecule has 0 spiro atoms. The lowest BCUT2D eigenvalue weighted by Crippen LogP contribution is -2.19. The van der Waals surface area contributed by atoms with Gasteiger partial charge in [0.15, 0.2) is 11.5 Å². The number of para-hydroxylation sites is 1. The molecule has 176 valence electrons. The number of benzene rings is 2. The number of fused-ring (bicyclic) bond motifs is 1. The van der Waals surface area contributed by atoms with Crippen molar-refractivity contribution in [3.63, 3.8) is 0 Å². The number of nitrogens with one attached hydrogen (secondary N) is 1. The zero-order chi connectivity index (χ0) is 24.4. The molecule has 8 nitrogen and oxygen atoms in total. The van der Waals surface area contributed by atoms with E-state index in [2.05, 4.69) is 23.2 Å². The highest BCUT2D eigenvalue weighted by Crippen LogP contribution is 2.38. The molecule has 1 amide bonds. The van der Waals surface area contributed by atoms with E-state index < -0.39 is 0 Å². The van der Waals surface area contributed by atoms with Crippen LogP contribution in [0.5, 0.6) is 11.5 Å². The number of hydrogen-bond acceptors (Lipinski definition) is 6. The fraction of sp³-hybridized carbons (Fsp3) is 0.320. The van der Waals surface area contributed by atoms with E-state index in [-0.39, 0.29) is 12.4 Å². The summed E-state index contributed by atoms with van der Waals surface area (Å²) in [7, 11) is 7.32. The first kappa shape index (κ1) is 25.6. The van der Waals surface area contributed by atoms with Crippen LogP contribution in [0.3, 0.4) is 0 Å². The molecule has 3 aromatic rings. The van der Waals surface area contributed by atoms with Gasteiger partial charge in [0.1, 0.15) is 6.61 Å². The number of amides is 1. The van der Waals surface area contributed by atoms with Crippen molar-refractivity contribution in [3.05, 3.63) is 53.6 Å². The van der Waals surface area contributed by atoms with Crippen molar-refractivity contribution in [1.82, 2.24) is 15.2 Å². The van der Waals surface area contributed by atoms with Crippen LogP contribution in [0.4, 0.5) is 0 Å². The predicted molar refractivity (Wildman–Crippen MR) is 129 cm³/mol. The molecule has 8 heteroatoms. The van der Waals surface area contributed by atoms with Gasteiger partial charge in [0.05, 0.1) is 24.7 Å². The van der Waals surface area contributed by atoms with E-state index in [1.54, 1.807) is 14.2 Å². The Morgan fingerprint density at radius 2 is 1.94 bits per heavy atom. The minimum Gasteiger partial charge on any atom is -0.493 e. The molecule has 0 atom stereocenters. The lowest BCUT2D eigenvalue weighted by molar-refractivity contribution is -0.123. The normalized spacial score (nSPS) is 10.4. The summed E-state index contributed by atoms with van der Waals surface area (Å²) >= 11 is 0. The Balaban J connectivity index is 0.00000122. The molecule has 0 fully saturated rings. The van der Waals surface area contributed by atoms with Crippen LogP contribution >= 0.6 is 0 Å². The third-order valence-corrected chi connectivity index (χ3v) is 4.98. The number of ether oxygens (including phenoxy) is 2. The van der Waals surface area contributed by atoms with Crippen molar-refractivity contribution in [2.75, 3.05) is 41.4 Å². The largest absolute Gasteiger partial charge is 0.493 e. The van der Waals surface area contributed by atoms with Crippen molar-refractivity contribution in [2.45, 2.75) is 13.3 Å². The van der Waals surface area contributed by atoms with Crippen molar-refractivity contribution in [2.24, 2.45) is 0 Å². The van der Waals surface area contributed by atoms with E-state index in [1.807, 2.05) is 50.5 Å². The van der Waals surface area contributed by atoms with E-state index in [0.29, 0.717) is 24.5 Å². The molecule has 3 rings (SSSR count). The van der Waals surface area contributed by atoms with Crippen molar-refractivity contribution in [3.8, 4) is 22.8 Å². The third kappa shape index (κ3) is 6.92. The molecule has 0 radical (unpaired) electrons. The Bertz CT molecular complexity index is 1100. The smallest absolute Gasteiger partial charge is 0.290 e. The molecule has 1 aromatic heterocycles. The average Bonchev–Trinajstić information content (AvgIpc) is 2.79. The Morgan fingerprint density at radius 3 is 2.58 bits per heavy atom. The molecule has 0 bridgehead atoms. The minimum absolute atomic E-state index is 0.00697. The molecule has 0 unspecified atom stereocenters. The van der Waals surface area contributed by atoms with Crippen LogP contribution in [-0.4, -0.2) is 68.8 Å². The Kier molecular flexibility index (Phi) is 9.62. The summed E-state index contributed by atoms with van der Waals surface area (Å²) in [6.07, 6.45) is 0.355. The summed E-state index contributed by atoms with van der Waals surface area (Å²) in [4.78, 5) is 27.0. The lowest BCUT2D eigenvalue weighted by atomic mass is 10.0. The average molecular weight is 454 g/mol. The van der Waals surface area contributed by atoms with Gasteiger partial charge in [-0.2, -0.15) is 0 Å². The number of carbonyl (C=O) groups is 2. The maximum Gasteiger partial charge on any atom is 0.290 e. The summed E-state index contributed by atoms with van der Waals surface area (Å²) in [6.45, 7) is 3.16. The maximum absolute atomic E-state index is 11.7. The van der Waals surface area contributed by atoms with E-state index in [9.17, 15) is 4.79 Å². The molecule has 2 N–H and O–H groups in total. The number of likely N-dealkylation sites (N-methyl/N-ethyl adjacent to an activating group) is 2. The molecule has 0 aliphatic heterocycles. The zero-order valence-corrected chi connectivity index (χ0v) is 19.7. The maximum atomic E-state index is 11.7. The predicted octanol–water partition coefficient (Wildman–Crippen LogP) is 3.15. The summed E-state index contributed by atoms with van der Waals surface area (Å²) in [5.74, 6) is 1.38. The Morgan fingerprint density at radius 1 is 1.21 bits per heavy atom. The van der Waals surface area contributed by atoms with Gasteiger partial charge < -0.3 is 24.8 Å². The summed E-state index contributed by atoms with van der Waals surface area (Å²) in [6, 6.07) is 13.9. The van der Waals surface area contributed by atoms with E-state index in [4.69, 9.17) is 24.4 Å². The molecule has 2 aromatic carbocycles. The van der Waals surface area contributed by atoms with Gasteiger partial charge in [-0.15, -0.1) is 0 Å². The summed E-state index contributed by atoms with van der Waals surface area (Å²) in [5, 5.41) is 10.6. The van der Waals surface area contributed by atoms with Crippen LogP contribution in [0.15, 0.2) is 42.5 Å². The van der Waals surface area contributed by atoms with Crippen LogP contribution in [0.1, 0.15) is 11.1 Å². The van der Waals surface area contributed by atoms with Crippen LogP contribution in [-0.2, 0) is 16.0 Å². The second kappa shape index (κ2) is 12.4. The van der Waals surface area contributed by atoms with Crippen molar-refractivity contribution < 1.29 is 24.2 Å². The second-order valence-corrected chi connectivity index (χ2v) is 7.62. The molecular weight excluding hydrogens is 422 g/mol. The number of pyridine rings is 1. The molecule has 0 aliphatic rings. The highest BCUT2D eigenvalue weighted by Gasteiger charge is 2.15. The van der Waals surface area contributed by atoms with Gasteiger partial charge in [0.25, 0.3) is 6.47 Å². The summed E-state index contributed by atoms with van der Waals surface area (Å²) < 4.78 is 11.6. The van der Waals surface area contributed by atoms with Crippen LogP contribution in [0.25, 0.3) is 22.2 Å². The van der Waals surface area contributed by atoms with Gasteiger partial charge in [0, 0.05) is 24.5 Å². The Labute approximate surface area is 194 Å². The number of aromatic nitrogens is 1. The molecule has 0 saturated carbocycles. The second-order valence-electron chi connectivity index (χ2n) is 7.62. The first-order chi connectivity index (χ1) is 15.8. The topological polar surface area (TPSA) is 101 Å². The lowest BCUT2D eigenvalue weighted by Gasteiger charge is -2.17. The van der Waals surface area contributed by atoms with Gasteiger partial charge in [-0.25, -0.2) is 4.98 Å². The van der Waals surface area contributed by atoms with Crippen LogP contribution in [0.2, 0.25) is 0 Å². The number of methoxy groups -OCH3 is 1. The standard InChI is InChI=1S/C24H29N3O3.CH2O2/c1-16-13-21(26-20-10-9-17(14-19(16)20)15-23(28)25-2)18-7-6-8-22(29-5)24(18)30-12-11-27(3)4;2-1-3/h6-10,13-14H,11-12,15H2,1-5H3,(H,25,28);1H,(H,2,3). The Hall–Kier alpha value is -3.65. The van der Waals surface area contributed by atoms with E-state index >= 15 is 0 Å². The van der Waals surface area contributed by atoms with Gasteiger partial charge in [-0.05, 0) is 62.5 Å². The van der Waals surface area contributed by atoms with Crippen LogP contribution in [0, 0.1) is 6.92 Å². The number of aryl methyl sites for hydroxylation is 1. The summed E-state index contributed by atoms with van der Waals surface area (Å²) in [5.41, 5.74) is 4.67. The number of carbonyl (C=O) groups excluding carboxylic acids is 1. The highest BCUT2D eigenvalue weighted by atomic mass is 16.5.